The van der Waals surface area contributed by atoms with Gasteiger partial charge in [-0.05, 0) is 37.1 Å². The SMILES string of the molecule is Cc1ccc(C[C@@H]2NC(=O)c3csc(n3)[C@H]([C@H](O)c3ccccc3)CC(=O)c3nc(sc3C)[C@H](CC(N)=O)NC(=O)c3csc(n3)-c3ccc(-c4nc(C(N)=O)cs4)nc3-c3csc(n3)-c3csc(n3)[C@@H]3[C@@H](C)[C@@H](OC(=O)NC(CO)CO)CN3C2=O)cc1. The van der Waals surface area contributed by atoms with E-state index in [1.165, 1.54) is 43.7 Å². The summed E-state index contributed by atoms with van der Waals surface area (Å²) in [4.78, 5) is 133. The molecule has 9 aromatic rings. The van der Waals surface area contributed by atoms with Crippen molar-refractivity contribution in [2.75, 3.05) is 19.8 Å². The molecule has 0 spiro atoms. The summed E-state index contributed by atoms with van der Waals surface area (Å²) in [5, 5.41) is 50.0. The van der Waals surface area contributed by atoms with Gasteiger partial charge in [0.15, 0.2) is 5.78 Å². The number of aryl methyl sites for hydroxylation is 2. The van der Waals surface area contributed by atoms with Gasteiger partial charge in [0.2, 0.25) is 11.8 Å². The van der Waals surface area contributed by atoms with E-state index in [-0.39, 0.29) is 58.6 Å². The number of alkyl carbamates (subject to hydrolysis) is 1. The standard InChI is InChI=1S/C59H55N13O11S6/c1-26-9-11-29(12-10-26)15-36-58(81)72-18-43(83-59(82)62-31(19-73)20-74)27(2)47(72)57-70-41(25-88-57)55-66-37(21-86-55)46-32(13-14-34(63-46)54-67-38(22-87-54)49(61)78)52-68-39(23-84-52)50(79)64-35(17-44(60)76)56-71-45(28(3)89-56)42(75)16-33(48(77)30-7-5-4-6-8-30)53-69-40(24-85-53)51(80)65-36/h4-14,21-25,27,31,33,35-36,43,47-48,73-74,77H,15-20H2,1-3H3,(H2,60,76)(H2,61,78)(H,62,82)(H,64,79)(H,65,80)/t27-,33-,35-,36-,43-,47-,48+/m0/s1. The number of carbonyl (C=O) groups excluding carboxylic acids is 7. The maximum absolute atomic E-state index is 15.6. The Bertz CT molecular complexity index is 4140. The maximum Gasteiger partial charge on any atom is 0.407 e. The van der Waals surface area contributed by atoms with Crippen molar-refractivity contribution in [1.82, 2.24) is 55.7 Å². The molecule has 1 fully saturated rings. The second-order valence-electron chi connectivity index (χ2n) is 21.1. The topological polar surface area (TPSA) is 371 Å². The second kappa shape index (κ2) is 26.7. The van der Waals surface area contributed by atoms with Crippen molar-refractivity contribution in [3.63, 3.8) is 0 Å². The van der Waals surface area contributed by atoms with Crippen LogP contribution in [0.4, 0.5) is 4.79 Å². The van der Waals surface area contributed by atoms with Crippen molar-refractivity contribution in [2.45, 2.75) is 82.3 Å². The lowest BCUT2D eigenvalue weighted by molar-refractivity contribution is -0.134. The normalized spacial score (nSPS) is 19.3. The number of nitrogens with zero attached hydrogens (tertiary/aromatic N) is 8. The molecule has 458 valence electrons. The zero-order valence-corrected chi connectivity index (χ0v) is 52.3. The minimum atomic E-state index is -1.32. The first kappa shape index (κ1) is 62.2. The summed E-state index contributed by atoms with van der Waals surface area (Å²) < 4.78 is 5.95. The van der Waals surface area contributed by atoms with Crippen molar-refractivity contribution in [3.05, 3.63) is 153 Å². The van der Waals surface area contributed by atoms with E-state index in [2.05, 4.69) is 25.9 Å². The highest BCUT2D eigenvalue weighted by atomic mass is 32.1. The smallest absolute Gasteiger partial charge is 0.407 e. The average Bonchev–Trinajstić information content (AvgIpc) is 1.68. The van der Waals surface area contributed by atoms with Crippen LogP contribution in [0, 0.1) is 19.8 Å². The number of fused-ring (bicyclic) bond motifs is 16. The molecule has 7 aromatic heterocycles. The maximum atomic E-state index is 15.6. The van der Waals surface area contributed by atoms with Crippen LogP contribution >= 0.6 is 68.0 Å². The molecule has 1 saturated heterocycles. The van der Waals surface area contributed by atoms with Crippen molar-refractivity contribution in [1.29, 1.82) is 0 Å². The molecule has 2 aliphatic rings. The molecule has 10 bridgehead atoms. The molecule has 30 heteroatoms. The number of ketones is 1. The lowest BCUT2D eigenvalue weighted by atomic mass is 9.90. The summed E-state index contributed by atoms with van der Waals surface area (Å²) in [6, 6.07) is 15.3. The molecule has 89 heavy (non-hydrogen) atoms. The molecule has 11 rings (SSSR count). The number of hydrogen-bond donors (Lipinski definition) is 8. The summed E-state index contributed by atoms with van der Waals surface area (Å²) in [7, 11) is 0. The molecule has 0 saturated carbocycles. The fraction of sp³-hybridized carbons (Fsp3) is 0.288. The summed E-state index contributed by atoms with van der Waals surface area (Å²) in [5.74, 6) is -5.65. The number of thiazole rings is 6. The third-order valence-electron chi connectivity index (χ3n) is 14.9. The summed E-state index contributed by atoms with van der Waals surface area (Å²) in [5.41, 5.74) is 15.3. The number of amides is 6. The monoisotopic (exact) mass is 1310 g/mol. The summed E-state index contributed by atoms with van der Waals surface area (Å²) >= 11 is 6.88. The highest BCUT2D eigenvalue weighted by Gasteiger charge is 2.48. The molecule has 0 unspecified atom stereocenters. The van der Waals surface area contributed by atoms with Gasteiger partial charge >= 0.3 is 6.09 Å². The van der Waals surface area contributed by atoms with Crippen LogP contribution in [-0.2, 0) is 20.7 Å². The van der Waals surface area contributed by atoms with E-state index >= 15 is 4.79 Å². The lowest BCUT2D eigenvalue weighted by Crippen LogP contribution is -2.50. The number of benzene rings is 2. The molecule has 9 heterocycles. The number of primary amides is 2. The average molecular weight is 1310 g/mol. The number of carbonyl (C=O) groups is 7. The van der Waals surface area contributed by atoms with Gasteiger partial charge < -0.3 is 52.4 Å². The van der Waals surface area contributed by atoms with Gasteiger partial charge in [-0.15, -0.1) is 68.0 Å². The molecule has 2 aliphatic heterocycles. The van der Waals surface area contributed by atoms with Gasteiger partial charge in [-0.1, -0.05) is 67.1 Å². The van der Waals surface area contributed by atoms with E-state index in [0.29, 0.717) is 64.4 Å². The summed E-state index contributed by atoms with van der Waals surface area (Å²) in [6.07, 6.45) is -3.98. The Hall–Kier alpha value is -8.46. The number of nitrogens with two attached hydrogens (primary N) is 2. The van der Waals surface area contributed by atoms with E-state index < -0.39 is 103 Å². The van der Waals surface area contributed by atoms with Crippen LogP contribution in [-0.4, -0.2) is 134 Å². The Morgan fingerprint density at radius 1 is 0.697 bits per heavy atom. The molecular formula is C59H55N13O11S6. The largest absolute Gasteiger partial charge is 0.444 e. The molecule has 24 nitrogen and oxygen atoms in total. The molecule has 0 radical (unpaired) electrons. The van der Waals surface area contributed by atoms with Crippen molar-refractivity contribution in [3.8, 4) is 43.4 Å². The Labute approximate surface area is 531 Å². The number of rotatable bonds is 12. The predicted molar refractivity (Wildman–Crippen MR) is 334 cm³/mol. The number of Topliss-reactive ketones (excluding diaryl/α,β-unsaturated/α-hetero) is 1. The third kappa shape index (κ3) is 13.6. The molecule has 0 aliphatic carbocycles. The molecule has 7 atom stereocenters. The van der Waals surface area contributed by atoms with Crippen molar-refractivity contribution in [2.24, 2.45) is 17.4 Å². The number of ether oxygens (including phenoxy) is 1. The fourth-order valence-electron chi connectivity index (χ4n) is 10.3. The Kier molecular flexibility index (Phi) is 18.7. The minimum Gasteiger partial charge on any atom is -0.444 e. The quantitative estimate of drug-likeness (QED) is 0.0612. The number of hydrogen-bond acceptors (Lipinski definition) is 24. The first-order valence-electron chi connectivity index (χ1n) is 27.6. The van der Waals surface area contributed by atoms with Gasteiger partial charge in [-0.3, -0.25) is 28.8 Å². The van der Waals surface area contributed by atoms with E-state index in [1.54, 1.807) is 67.1 Å². The van der Waals surface area contributed by atoms with Gasteiger partial charge in [-0.25, -0.2) is 39.7 Å². The zero-order valence-electron chi connectivity index (χ0n) is 47.4. The van der Waals surface area contributed by atoms with Crippen LogP contribution < -0.4 is 27.4 Å². The van der Waals surface area contributed by atoms with E-state index in [1.807, 2.05) is 31.2 Å². The number of aliphatic hydroxyl groups is 3. The van der Waals surface area contributed by atoms with E-state index in [9.17, 15) is 44.1 Å². The molecular weight excluding hydrogens is 1260 g/mol. The van der Waals surface area contributed by atoms with Crippen LogP contribution in [0.25, 0.3) is 43.4 Å². The van der Waals surface area contributed by atoms with Crippen LogP contribution in [0.5, 0.6) is 0 Å². The number of aliphatic hydroxyl groups excluding tert-OH is 3. The second-order valence-corrected chi connectivity index (χ2v) is 26.7. The first-order chi connectivity index (χ1) is 42.8. The highest BCUT2D eigenvalue weighted by molar-refractivity contribution is 7.15. The zero-order chi connectivity index (χ0) is 62.8. The molecule has 6 amide bonds. The number of nitrogens with one attached hydrogen (secondary N) is 3. The van der Waals surface area contributed by atoms with Crippen LogP contribution in [0.15, 0.2) is 93.6 Å². The third-order valence-corrected chi connectivity index (χ3v) is 20.5. The van der Waals surface area contributed by atoms with Crippen molar-refractivity contribution < 1.29 is 53.6 Å². The van der Waals surface area contributed by atoms with Gasteiger partial charge in [0.05, 0.1) is 61.1 Å². The number of aromatic nitrogens is 7. The predicted octanol–water partition coefficient (Wildman–Crippen LogP) is 6.96. The van der Waals surface area contributed by atoms with E-state index in [4.69, 9.17) is 41.1 Å². The van der Waals surface area contributed by atoms with Gasteiger partial charge in [0, 0.05) is 62.0 Å². The Morgan fingerprint density at radius 3 is 2.06 bits per heavy atom. The Morgan fingerprint density at radius 2 is 1.34 bits per heavy atom. The van der Waals surface area contributed by atoms with Gasteiger partial charge in [-0.2, -0.15) is 0 Å². The molecule has 10 N–H and O–H groups in total. The highest BCUT2D eigenvalue weighted by Crippen LogP contribution is 2.44. The summed E-state index contributed by atoms with van der Waals surface area (Å²) in [6.45, 7) is 4.07. The first-order valence-corrected chi connectivity index (χ1v) is 32.8. The van der Waals surface area contributed by atoms with Crippen molar-refractivity contribution >= 4 is 109 Å². The van der Waals surface area contributed by atoms with Crippen LogP contribution in [0.3, 0.4) is 0 Å². The van der Waals surface area contributed by atoms with Gasteiger partial charge in [0.25, 0.3) is 17.7 Å². The van der Waals surface area contributed by atoms with Gasteiger partial charge in [0.1, 0.15) is 77.0 Å². The van der Waals surface area contributed by atoms with Crippen LogP contribution in [0.2, 0.25) is 0 Å². The number of pyridine rings is 1. The molecule has 2 aromatic carbocycles. The van der Waals surface area contributed by atoms with E-state index in [0.717, 1.165) is 50.9 Å². The fourth-order valence-corrected chi connectivity index (χ4v) is 15.7. The lowest BCUT2D eigenvalue weighted by Gasteiger charge is -2.29. The van der Waals surface area contributed by atoms with Crippen LogP contribution in [0.1, 0.15) is 122 Å². The minimum absolute atomic E-state index is 0.00232. The Balaban J connectivity index is 1.03.